The highest BCUT2D eigenvalue weighted by Crippen LogP contribution is 2.23. The first-order valence-corrected chi connectivity index (χ1v) is 10.8. The molecule has 3 aromatic carbocycles. The van der Waals surface area contributed by atoms with Crippen molar-refractivity contribution < 1.29 is 13.2 Å². The van der Waals surface area contributed by atoms with Gasteiger partial charge in [-0.15, -0.1) is 0 Å². The second-order valence-corrected chi connectivity index (χ2v) is 9.06. The van der Waals surface area contributed by atoms with Crippen molar-refractivity contribution >= 4 is 44.8 Å². The molecule has 3 aromatic rings. The zero-order valence-corrected chi connectivity index (χ0v) is 17.8. The highest BCUT2D eigenvalue weighted by atomic mass is 35.5. The molecule has 0 radical (unpaired) electrons. The average Bonchev–Trinajstić information content (AvgIpc) is 2.73. The molecule has 29 heavy (non-hydrogen) atoms. The van der Waals surface area contributed by atoms with Crippen molar-refractivity contribution in [3.63, 3.8) is 0 Å². The molecule has 1 amide bonds. The molecule has 0 unspecified atom stereocenters. The van der Waals surface area contributed by atoms with Crippen molar-refractivity contribution in [3.05, 3.63) is 94.0 Å². The number of hydrogen-bond acceptors (Lipinski definition) is 3. The van der Waals surface area contributed by atoms with Gasteiger partial charge in [0.15, 0.2) is 0 Å². The summed E-state index contributed by atoms with van der Waals surface area (Å²) in [5.41, 5.74) is 1.66. The van der Waals surface area contributed by atoms with E-state index < -0.39 is 10.0 Å². The molecular formula is C21H18Cl2N2O3S. The first-order chi connectivity index (χ1) is 13.8. The number of hydrogen-bond donors (Lipinski definition) is 1. The van der Waals surface area contributed by atoms with Gasteiger partial charge in [0.1, 0.15) is 0 Å². The third kappa shape index (κ3) is 4.90. The number of benzene rings is 3. The van der Waals surface area contributed by atoms with Crippen LogP contribution in [-0.2, 0) is 16.6 Å². The Hall–Kier alpha value is -2.54. The summed E-state index contributed by atoms with van der Waals surface area (Å²) >= 11 is 11.9. The third-order valence-corrected chi connectivity index (χ3v) is 6.78. The van der Waals surface area contributed by atoms with Gasteiger partial charge < -0.3 is 5.32 Å². The molecule has 3 rings (SSSR count). The molecule has 150 valence electrons. The Morgan fingerprint density at radius 3 is 2.17 bits per heavy atom. The number of nitrogens with zero attached hydrogens (tertiary/aromatic N) is 1. The Morgan fingerprint density at radius 2 is 1.55 bits per heavy atom. The predicted molar refractivity (Wildman–Crippen MR) is 116 cm³/mol. The fourth-order valence-electron chi connectivity index (χ4n) is 2.65. The van der Waals surface area contributed by atoms with Gasteiger partial charge in [0.2, 0.25) is 0 Å². The number of halogens is 2. The number of carbonyl (C=O) groups excluding carboxylic acids is 1. The molecule has 0 atom stereocenters. The molecule has 0 aliphatic heterocycles. The van der Waals surface area contributed by atoms with Crippen LogP contribution in [0.25, 0.3) is 0 Å². The van der Waals surface area contributed by atoms with Gasteiger partial charge in [-0.1, -0.05) is 41.4 Å². The van der Waals surface area contributed by atoms with Crippen molar-refractivity contribution in [3.8, 4) is 0 Å². The maximum Gasteiger partial charge on any atom is 0.264 e. The first kappa shape index (κ1) is 21.2. The van der Waals surface area contributed by atoms with E-state index in [0.29, 0.717) is 27.8 Å². The summed E-state index contributed by atoms with van der Waals surface area (Å²) < 4.78 is 26.6. The van der Waals surface area contributed by atoms with E-state index in [1.807, 2.05) is 18.2 Å². The summed E-state index contributed by atoms with van der Waals surface area (Å²) in [5.74, 6) is -0.278. The first-order valence-electron chi connectivity index (χ1n) is 8.65. The van der Waals surface area contributed by atoms with Gasteiger partial charge >= 0.3 is 0 Å². The van der Waals surface area contributed by atoms with Gasteiger partial charge in [0.05, 0.1) is 10.6 Å². The fourth-order valence-corrected chi connectivity index (χ4v) is 4.17. The third-order valence-electron chi connectivity index (χ3n) is 4.36. The Kier molecular flexibility index (Phi) is 6.47. The summed E-state index contributed by atoms with van der Waals surface area (Å²) in [4.78, 5) is 12.5. The Labute approximate surface area is 179 Å². The van der Waals surface area contributed by atoms with Crippen LogP contribution in [0.1, 0.15) is 15.9 Å². The van der Waals surface area contributed by atoms with E-state index in [0.717, 1.165) is 9.87 Å². The molecule has 5 nitrogen and oxygen atoms in total. The van der Waals surface area contributed by atoms with E-state index >= 15 is 0 Å². The molecular weight excluding hydrogens is 431 g/mol. The summed E-state index contributed by atoms with van der Waals surface area (Å²) in [7, 11) is -2.28. The minimum absolute atomic E-state index is 0.131. The number of carbonyl (C=O) groups is 1. The number of nitrogens with one attached hydrogen (secondary N) is 1. The molecule has 0 saturated heterocycles. The van der Waals surface area contributed by atoms with Crippen LogP contribution in [0.5, 0.6) is 0 Å². The smallest absolute Gasteiger partial charge is 0.264 e. The monoisotopic (exact) mass is 448 g/mol. The van der Waals surface area contributed by atoms with E-state index in [2.05, 4.69) is 5.32 Å². The molecule has 0 aliphatic rings. The molecule has 0 spiro atoms. The van der Waals surface area contributed by atoms with Gasteiger partial charge in [0, 0.05) is 29.2 Å². The van der Waals surface area contributed by atoms with E-state index in [4.69, 9.17) is 23.2 Å². The quantitative estimate of drug-likeness (QED) is 0.591. The lowest BCUT2D eigenvalue weighted by atomic mass is 10.1. The number of amides is 1. The van der Waals surface area contributed by atoms with E-state index in [9.17, 15) is 13.2 Å². The lowest BCUT2D eigenvalue weighted by Gasteiger charge is -2.20. The number of sulfonamides is 1. The zero-order valence-electron chi connectivity index (χ0n) is 15.5. The Morgan fingerprint density at radius 1 is 0.931 bits per heavy atom. The van der Waals surface area contributed by atoms with Gasteiger partial charge in [0.25, 0.3) is 15.9 Å². The minimum Gasteiger partial charge on any atom is -0.348 e. The zero-order chi connectivity index (χ0) is 21.0. The second kappa shape index (κ2) is 8.86. The van der Waals surface area contributed by atoms with Crippen LogP contribution in [0.15, 0.2) is 77.7 Å². The molecule has 0 saturated carbocycles. The molecule has 8 heteroatoms. The Balaban J connectivity index is 1.71. The van der Waals surface area contributed by atoms with Gasteiger partial charge in [-0.05, 0) is 60.2 Å². The van der Waals surface area contributed by atoms with Crippen molar-refractivity contribution in [2.24, 2.45) is 0 Å². The average molecular weight is 449 g/mol. The summed E-state index contributed by atoms with van der Waals surface area (Å²) in [6, 6.07) is 19.5. The molecule has 0 aliphatic carbocycles. The van der Waals surface area contributed by atoms with Crippen molar-refractivity contribution in [1.82, 2.24) is 5.32 Å². The minimum atomic E-state index is -3.73. The van der Waals surface area contributed by atoms with Crippen LogP contribution >= 0.6 is 23.2 Å². The summed E-state index contributed by atoms with van der Waals surface area (Å²) in [5, 5.41) is 3.84. The molecule has 0 aromatic heterocycles. The lowest BCUT2D eigenvalue weighted by Crippen LogP contribution is -2.27. The molecule has 0 fully saturated rings. The van der Waals surface area contributed by atoms with Crippen molar-refractivity contribution in [1.29, 1.82) is 0 Å². The molecule has 1 N–H and O–H groups in total. The number of rotatable bonds is 6. The second-order valence-electron chi connectivity index (χ2n) is 6.25. The predicted octanol–water partition coefficient (Wildman–Crippen LogP) is 4.75. The molecule has 0 bridgehead atoms. The van der Waals surface area contributed by atoms with Gasteiger partial charge in [-0.25, -0.2) is 8.42 Å². The maximum absolute atomic E-state index is 12.7. The Bertz CT molecular complexity index is 1120. The van der Waals surface area contributed by atoms with E-state index in [1.165, 1.54) is 31.3 Å². The van der Waals surface area contributed by atoms with Crippen LogP contribution in [0.3, 0.4) is 0 Å². The summed E-state index contributed by atoms with van der Waals surface area (Å²) in [6.45, 7) is 0.297. The van der Waals surface area contributed by atoms with Gasteiger partial charge in [-0.3, -0.25) is 9.10 Å². The topological polar surface area (TPSA) is 66.5 Å². The number of anilines is 1. The highest BCUT2D eigenvalue weighted by molar-refractivity contribution is 7.92. The highest BCUT2D eigenvalue weighted by Gasteiger charge is 2.21. The van der Waals surface area contributed by atoms with Crippen molar-refractivity contribution in [2.75, 3.05) is 11.4 Å². The van der Waals surface area contributed by atoms with E-state index in [1.54, 1.807) is 30.3 Å². The summed E-state index contributed by atoms with van der Waals surface area (Å²) in [6.07, 6.45) is 0. The molecule has 0 heterocycles. The van der Waals surface area contributed by atoms with Crippen LogP contribution in [-0.4, -0.2) is 21.4 Å². The standard InChI is InChI=1S/C21H18Cl2N2O3S/c1-25(29(27,28)19-12-8-17(22)9-13-19)18-10-6-15(7-11-18)21(26)24-14-16-4-2-3-5-20(16)23/h2-13H,14H2,1H3,(H,24,26). The van der Waals surface area contributed by atoms with Crippen LogP contribution in [0, 0.1) is 0 Å². The lowest BCUT2D eigenvalue weighted by molar-refractivity contribution is 0.0951. The SMILES string of the molecule is CN(c1ccc(C(=O)NCc2ccccc2Cl)cc1)S(=O)(=O)c1ccc(Cl)cc1. The van der Waals surface area contributed by atoms with Crippen LogP contribution in [0.2, 0.25) is 10.0 Å². The van der Waals surface area contributed by atoms with Gasteiger partial charge in [-0.2, -0.15) is 0 Å². The fraction of sp³-hybridized carbons (Fsp3) is 0.0952. The van der Waals surface area contributed by atoms with Crippen LogP contribution < -0.4 is 9.62 Å². The maximum atomic E-state index is 12.7. The van der Waals surface area contributed by atoms with E-state index in [-0.39, 0.29) is 10.8 Å². The normalized spacial score (nSPS) is 11.1. The van der Waals surface area contributed by atoms with Crippen LogP contribution in [0.4, 0.5) is 5.69 Å². The largest absolute Gasteiger partial charge is 0.348 e. The van der Waals surface area contributed by atoms with Crippen molar-refractivity contribution in [2.45, 2.75) is 11.4 Å².